The summed E-state index contributed by atoms with van der Waals surface area (Å²) in [6.07, 6.45) is -0.614. The number of hydrogen-bond acceptors (Lipinski definition) is 12. The predicted molar refractivity (Wildman–Crippen MR) is 167 cm³/mol. The van der Waals surface area contributed by atoms with Gasteiger partial charge in [-0.3, -0.25) is 9.69 Å². The number of piperazine rings is 1. The van der Waals surface area contributed by atoms with E-state index in [4.69, 9.17) is 19.3 Å². The van der Waals surface area contributed by atoms with Gasteiger partial charge in [0.15, 0.2) is 12.0 Å². The normalized spacial score (nSPS) is 20.5. The molecule has 242 valence electrons. The molecule has 3 aromatic rings. The number of hydrogen-bond donors (Lipinski definition) is 2. The second kappa shape index (κ2) is 14.2. The van der Waals surface area contributed by atoms with Crippen LogP contribution >= 0.6 is 0 Å². The molecule has 0 saturated carbocycles. The molecule has 6 rings (SSSR count). The van der Waals surface area contributed by atoms with Crippen LogP contribution in [0, 0.1) is 11.3 Å². The van der Waals surface area contributed by atoms with Gasteiger partial charge in [0.05, 0.1) is 50.8 Å². The van der Waals surface area contributed by atoms with E-state index in [1.54, 1.807) is 25.3 Å². The summed E-state index contributed by atoms with van der Waals surface area (Å²) in [6.45, 7) is 5.33. The number of benzene rings is 2. The minimum absolute atomic E-state index is 0.0395. The molecule has 0 aliphatic carbocycles. The molecule has 2 aromatic carbocycles. The number of nitriles is 1. The molecular formula is C32H37FN8O5. The predicted octanol–water partition coefficient (Wildman–Crippen LogP) is 2.38. The minimum Gasteiger partial charge on any atom is -0.495 e. The van der Waals surface area contributed by atoms with Gasteiger partial charge in [-0.15, -0.1) is 0 Å². The molecule has 3 fully saturated rings. The summed E-state index contributed by atoms with van der Waals surface area (Å²) >= 11 is 0. The fraction of sp³-hybridized carbons (Fsp3) is 0.469. The Balaban J connectivity index is 1.11. The van der Waals surface area contributed by atoms with Gasteiger partial charge in [0.2, 0.25) is 11.9 Å². The standard InChI is InChI=1S/C32H37FN8O5/c1-44-29-15-23(3-4-26(29)40-11-9-39(10-12-40)24-18-45-19-24)37-32-36-20-35-31(38-32)21-2-5-27(22(14-21)16-34)46-28-6-8-41(17-25(28)33)30(43)7-13-42/h2-5,14-15,20,24-25,28,42H,6-13,17-19H2,1H3,(H,35,36,37,38)/t25-,28+/m1/s1. The van der Waals surface area contributed by atoms with Crippen molar-refractivity contribution in [3.8, 4) is 29.0 Å². The Labute approximate surface area is 266 Å². The first-order chi connectivity index (χ1) is 22.4. The molecule has 1 amide bonds. The number of alkyl halides is 1. The fourth-order valence-corrected chi connectivity index (χ4v) is 5.92. The van der Waals surface area contributed by atoms with E-state index in [-0.39, 0.29) is 43.2 Å². The molecule has 0 bridgehead atoms. The van der Waals surface area contributed by atoms with Crippen LogP contribution in [0.3, 0.4) is 0 Å². The van der Waals surface area contributed by atoms with Gasteiger partial charge in [0, 0.05) is 62.9 Å². The number of carbonyl (C=O) groups is 1. The molecule has 46 heavy (non-hydrogen) atoms. The van der Waals surface area contributed by atoms with Crippen LogP contribution in [0.15, 0.2) is 42.7 Å². The maximum Gasteiger partial charge on any atom is 0.230 e. The number of methoxy groups -OCH3 is 1. The Kier molecular flexibility index (Phi) is 9.72. The van der Waals surface area contributed by atoms with Crippen LogP contribution in [0.4, 0.5) is 21.7 Å². The van der Waals surface area contributed by atoms with Gasteiger partial charge in [-0.05, 0) is 30.3 Å². The highest BCUT2D eigenvalue weighted by molar-refractivity contribution is 5.76. The van der Waals surface area contributed by atoms with E-state index in [2.05, 4.69) is 36.1 Å². The maximum atomic E-state index is 14.9. The number of aliphatic hydroxyl groups is 1. The fourth-order valence-electron chi connectivity index (χ4n) is 5.92. The lowest BCUT2D eigenvalue weighted by Crippen LogP contribution is -2.56. The zero-order chi connectivity index (χ0) is 32.0. The van der Waals surface area contributed by atoms with E-state index in [1.165, 1.54) is 11.2 Å². The van der Waals surface area contributed by atoms with E-state index in [1.807, 2.05) is 18.2 Å². The highest BCUT2D eigenvalue weighted by Crippen LogP contribution is 2.34. The van der Waals surface area contributed by atoms with Crippen molar-refractivity contribution >= 4 is 23.2 Å². The van der Waals surface area contributed by atoms with E-state index in [0.717, 1.165) is 56.5 Å². The third kappa shape index (κ3) is 6.96. The first-order valence-corrected chi connectivity index (χ1v) is 15.4. The summed E-state index contributed by atoms with van der Waals surface area (Å²) in [5, 5.41) is 22.1. The zero-order valence-electron chi connectivity index (χ0n) is 25.6. The van der Waals surface area contributed by atoms with Crippen LogP contribution < -0.4 is 19.7 Å². The van der Waals surface area contributed by atoms with Crippen LogP contribution in [0.25, 0.3) is 11.4 Å². The van der Waals surface area contributed by atoms with Crippen molar-refractivity contribution in [2.24, 2.45) is 0 Å². The lowest BCUT2D eigenvalue weighted by molar-refractivity contribution is -0.135. The molecule has 3 aliphatic rings. The molecule has 3 aliphatic heterocycles. The number of carbonyl (C=O) groups excluding carboxylic acids is 1. The Bertz CT molecular complexity index is 1580. The van der Waals surface area contributed by atoms with Gasteiger partial charge in [-0.2, -0.15) is 10.2 Å². The van der Waals surface area contributed by atoms with Crippen molar-refractivity contribution < 1.29 is 28.5 Å². The molecule has 0 spiro atoms. The van der Waals surface area contributed by atoms with Crippen LogP contribution in [-0.2, 0) is 9.53 Å². The SMILES string of the molecule is COc1cc(Nc2ncnc(-c3ccc(O[C@H]4CCN(C(=O)CCO)C[C@H]4F)c(C#N)c3)n2)ccc1N1CCN(C2COC2)CC1. The average molecular weight is 633 g/mol. The number of aromatic nitrogens is 3. The van der Waals surface area contributed by atoms with E-state index >= 15 is 0 Å². The van der Waals surface area contributed by atoms with Crippen molar-refractivity contribution in [1.29, 1.82) is 5.26 Å². The van der Waals surface area contributed by atoms with Crippen LogP contribution in [0.2, 0.25) is 0 Å². The number of likely N-dealkylation sites (tertiary alicyclic amines) is 1. The number of ether oxygens (including phenoxy) is 3. The Morgan fingerprint density at radius 3 is 2.65 bits per heavy atom. The van der Waals surface area contributed by atoms with E-state index < -0.39 is 12.3 Å². The Morgan fingerprint density at radius 2 is 1.96 bits per heavy atom. The van der Waals surface area contributed by atoms with Crippen molar-refractivity contribution in [3.05, 3.63) is 48.3 Å². The van der Waals surface area contributed by atoms with Crippen molar-refractivity contribution in [2.75, 3.05) is 76.4 Å². The van der Waals surface area contributed by atoms with E-state index in [9.17, 15) is 14.4 Å². The molecule has 0 radical (unpaired) electrons. The highest BCUT2D eigenvalue weighted by atomic mass is 19.1. The third-order valence-electron chi connectivity index (χ3n) is 8.60. The van der Waals surface area contributed by atoms with E-state index in [0.29, 0.717) is 29.9 Å². The summed E-state index contributed by atoms with van der Waals surface area (Å²) in [4.78, 5) is 31.3. The first kappa shape index (κ1) is 31.4. The van der Waals surface area contributed by atoms with Crippen molar-refractivity contribution in [2.45, 2.75) is 31.2 Å². The van der Waals surface area contributed by atoms with Crippen molar-refractivity contribution in [3.63, 3.8) is 0 Å². The number of anilines is 3. The first-order valence-electron chi connectivity index (χ1n) is 15.4. The van der Waals surface area contributed by atoms with Gasteiger partial charge in [0.25, 0.3) is 0 Å². The molecule has 14 heteroatoms. The Morgan fingerprint density at radius 1 is 1.13 bits per heavy atom. The molecule has 2 N–H and O–H groups in total. The zero-order valence-corrected chi connectivity index (χ0v) is 25.6. The summed E-state index contributed by atoms with van der Waals surface area (Å²) in [7, 11) is 1.66. The number of nitrogens with zero attached hydrogens (tertiary/aromatic N) is 7. The Hall–Kier alpha value is -4.58. The highest BCUT2D eigenvalue weighted by Gasteiger charge is 2.33. The molecule has 0 unspecified atom stereocenters. The summed E-state index contributed by atoms with van der Waals surface area (Å²) in [5.41, 5.74) is 2.55. The number of amides is 1. The maximum absolute atomic E-state index is 14.9. The lowest BCUT2D eigenvalue weighted by atomic mass is 10.0. The van der Waals surface area contributed by atoms with Gasteiger partial charge in [-0.25, -0.2) is 14.4 Å². The topological polar surface area (TPSA) is 149 Å². The van der Waals surface area contributed by atoms with Crippen LogP contribution in [0.5, 0.6) is 11.5 Å². The molecule has 13 nitrogen and oxygen atoms in total. The number of aliphatic hydroxyl groups excluding tert-OH is 1. The van der Waals surface area contributed by atoms with Crippen molar-refractivity contribution in [1.82, 2.24) is 24.8 Å². The van der Waals surface area contributed by atoms with Gasteiger partial charge in [0.1, 0.15) is 30.0 Å². The van der Waals surface area contributed by atoms with Gasteiger partial charge >= 0.3 is 0 Å². The van der Waals surface area contributed by atoms with Gasteiger partial charge < -0.3 is 34.4 Å². The molecule has 4 heterocycles. The number of halogens is 1. The average Bonchev–Trinajstić information content (AvgIpc) is 3.05. The minimum atomic E-state index is -1.43. The molecule has 1 aromatic heterocycles. The summed E-state index contributed by atoms with van der Waals surface area (Å²) < 4.78 is 31.9. The molecule has 3 saturated heterocycles. The second-order valence-corrected chi connectivity index (χ2v) is 11.5. The van der Waals surface area contributed by atoms with Crippen LogP contribution in [-0.4, -0.2) is 120 Å². The van der Waals surface area contributed by atoms with Gasteiger partial charge in [-0.1, -0.05) is 0 Å². The largest absolute Gasteiger partial charge is 0.495 e. The summed E-state index contributed by atoms with van der Waals surface area (Å²) in [5.74, 6) is 1.35. The third-order valence-corrected chi connectivity index (χ3v) is 8.60. The number of rotatable bonds is 10. The molecule has 2 atom stereocenters. The molecular weight excluding hydrogens is 595 g/mol. The summed E-state index contributed by atoms with van der Waals surface area (Å²) in [6, 6.07) is 13.5. The monoisotopic (exact) mass is 632 g/mol. The quantitative estimate of drug-likeness (QED) is 0.338. The smallest absolute Gasteiger partial charge is 0.230 e. The number of piperidine rings is 1. The lowest BCUT2D eigenvalue weighted by Gasteiger charge is -2.43. The second-order valence-electron chi connectivity index (χ2n) is 11.5. The van der Waals surface area contributed by atoms with Crippen LogP contribution in [0.1, 0.15) is 18.4 Å². The number of nitrogens with one attached hydrogen (secondary N) is 1.